The molecule has 3 rings (SSSR count). The van der Waals surface area contributed by atoms with Crippen molar-refractivity contribution in [1.82, 2.24) is 0 Å². The smallest absolute Gasteiger partial charge is 0.166 e. The molecular formula is C16H19FO2. The third-order valence-corrected chi connectivity index (χ3v) is 4.58. The van der Waals surface area contributed by atoms with Crippen molar-refractivity contribution in [3.8, 4) is 0 Å². The van der Waals surface area contributed by atoms with Gasteiger partial charge in [-0.3, -0.25) is 4.79 Å². The minimum Gasteiger partial charge on any atom is -0.375 e. The van der Waals surface area contributed by atoms with Gasteiger partial charge in [-0.15, -0.1) is 0 Å². The molecule has 19 heavy (non-hydrogen) atoms. The van der Waals surface area contributed by atoms with Gasteiger partial charge in [-0.25, -0.2) is 4.39 Å². The molecular weight excluding hydrogens is 243 g/mol. The zero-order valence-electron chi connectivity index (χ0n) is 11.2. The zero-order valence-corrected chi connectivity index (χ0v) is 11.2. The number of ketones is 1. The van der Waals surface area contributed by atoms with Gasteiger partial charge >= 0.3 is 0 Å². The molecule has 1 aromatic rings. The Labute approximate surface area is 113 Å². The van der Waals surface area contributed by atoms with E-state index in [4.69, 9.17) is 4.74 Å². The Morgan fingerprint density at radius 2 is 2.21 bits per heavy atom. The first-order valence-electron chi connectivity index (χ1n) is 7.04. The molecule has 0 amide bonds. The van der Waals surface area contributed by atoms with E-state index in [0.717, 1.165) is 25.7 Å². The first-order valence-corrected chi connectivity index (χ1v) is 7.04. The van der Waals surface area contributed by atoms with Crippen LogP contribution in [0.25, 0.3) is 0 Å². The standard InChI is InChI=1S/C16H19FO2/c1-11-3-4-12(9-14(11)17)15(18)13-5-8-19-16(10-13)6-2-7-16/h3-4,9,13H,2,5-8,10H2,1H3. The number of hydrogen-bond acceptors (Lipinski definition) is 2. The number of Topliss-reactive ketones (excluding diaryl/α,β-unsaturated/α-hetero) is 1. The normalized spacial score (nSPS) is 25.1. The summed E-state index contributed by atoms with van der Waals surface area (Å²) in [4.78, 5) is 12.5. The molecule has 0 radical (unpaired) electrons. The summed E-state index contributed by atoms with van der Waals surface area (Å²) in [6.45, 7) is 2.37. The van der Waals surface area contributed by atoms with E-state index in [1.54, 1.807) is 19.1 Å². The van der Waals surface area contributed by atoms with Gasteiger partial charge in [-0.05, 0) is 50.7 Å². The highest BCUT2D eigenvalue weighted by Crippen LogP contribution is 2.44. The van der Waals surface area contributed by atoms with E-state index in [2.05, 4.69) is 0 Å². The van der Waals surface area contributed by atoms with E-state index in [1.807, 2.05) is 0 Å². The van der Waals surface area contributed by atoms with Crippen molar-refractivity contribution in [1.29, 1.82) is 0 Å². The molecule has 1 atom stereocenters. The molecule has 1 heterocycles. The molecule has 1 aliphatic heterocycles. The van der Waals surface area contributed by atoms with Crippen LogP contribution in [0.2, 0.25) is 0 Å². The molecule has 3 heteroatoms. The molecule has 2 fully saturated rings. The fourth-order valence-corrected chi connectivity index (χ4v) is 3.15. The van der Waals surface area contributed by atoms with Gasteiger partial charge in [0.15, 0.2) is 5.78 Å². The lowest BCUT2D eigenvalue weighted by molar-refractivity contribution is -0.137. The Balaban J connectivity index is 1.77. The largest absolute Gasteiger partial charge is 0.375 e. The van der Waals surface area contributed by atoms with E-state index >= 15 is 0 Å². The predicted molar refractivity (Wildman–Crippen MR) is 70.7 cm³/mol. The summed E-state index contributed by atoms with van der Waals surface area (Å²) in [5.41, 5.74) is 1.05. The molecule has 0 aromatic heterocycles. The number of hydrogen-bond donors (Lipinski definition) is 0. The van der Waals surface area contributed by atoms with Crippen LogP contribution in [0.4, 0.5) is 4.39 Å². The highest BCUT2D eigenvalue weighted by Gasteiger charge is 2.44. The van der Waals surface area contributed by atoms with Gasteiger partial charge in [-0.1, -0.05) is 12.1 Å². The molecule has 0 bridgehead atoms. The number of rotatable bonds is 2. The average Bonchev–Trinajstić information content (AvgIpc) is 2.39. The third kappa shape index (κ3) is 2.32. The monoisotopic (exact) mass is 262 g/mol. The Kier molecular flexibility index (Phi) is 3.17. The molecule has 1 saturated carbocycles. The van der Waals surface area contributed by atoms with Gasteiger partial charge in [0.1, 0.15) is 5.82 Å². The lowest BCUT2D eigenvalue weighted by atomic mass is 9.70. The van der Waals surface area contributed by atoms with Crippen molar-refractivity contribution in [3.05, 3.63) is 35.1 Å². The van der Waals surface area contributed by atoms with E-state index in [-0.39, 0.29) is 23.1 Å². The van der Waals surface area contributed by atoms with Crippen LogP contribution in [0.5, 0.6) is 0 Å². The highest BCUT2D eigenvalue weighted by molar-refractivity contribution is 5.98. The van der Waals surface area contributed by atoms with Crippen molar-refractivity contribution in [3.63, 3.8) is 0 Å². The number of halogens is 1. The first kappa shape index (κ1) is 12.8. The number of carbonyl (C=O) groups excluding carboxylic acids is 1. The predicted octanol–water partition coefficient (Wildman–Crippen LogP) is 3.67. The summed E-state index contributed by atoms with van der Waals surface area (Å²) in [5.74, 6) is -0.221. The molecule has 1 saturated heterocycles. The lowest BCUT2D eigenvalue weighted by Gasteiger charge is -2.46. The first-order chi connectivity index (χ1) is 9.10. The average molecular weight is 262 g/mol. The van der Waals surface area contributed by atoms with E-state index in [0.29, 0.717) is 17.7 Å². The molecule has 2 aliphatic rings. The summed E-state index contributed by atoms with van der Waals surface area (Å²) in [7, 11) is 0. The zero-order chi connectivity index (χ0) is 13.5. The summed E-state index contributed by atoms with van der Waals surface area (Å²) in [6, 6.07) is 4.80. The van der Waals surface area contributed by atoms with Crippen LogP contribution < -0.4 is 0 Å². The maximum atomic E-state index is 13.6. The minimum absolute atomic E-state index is 0.00356. The van der Waals surface area contributed by atoms with Crippen molar-refractivity contribution in [2.45, 2.75) is 44.6 Å². The topological polar surface area (TPSA) is 26.3 Å². The molecule has 1 aromatic carbocycles. The summed E-state index contributed by atoms with van der Waals surface area (Å²) < 4.78 is 19.4. The second-order valence-electron chi connectivity index (χ2n) is 5.90. The number of ether oxygens (including phenoxy) is 1. The molecule has 1 aliphatic carbocycles. The van der Waals surface area contributed by atoms with Gasteiger partial charge in [-0.2, -0.15) is 0 Å². The van der Waals surface area contributed by atoms with Crippen molar-refractivity contribution < 1.29 is 13.9 Å². The highest BCUT2D eigenvalue weighted by atomic mass is 19.1. The van der Waals surface area contributed by atoms with Gasteiger partial charge in [0.05, 0.1) is 5.60 Å². The van der Waals surface area contributed by atoms with Crippen LogP contribution in [-0.4, -0.2) is 18.0 Å². The van der Waals surface area contributed by atoms with Crippen molar-refractivity contribution >= 4 is 5.78 Å². The summed E-state index contributed by atoms with van der Waals surface area (Å²) >= 11 is 0. The van der Waals surface area contributed by atoms with E-state index in [1.165, 1.54) is 12.5 Å². The maximum Gasteiger partial charge on any atom is 0.166 e. The quantitative estimate of drug-likeness (QED) is 0.760. The van der Waals surface area contributed by atoms with Crippen LogP contribution in [0, 0.1) is 18.7 Å². The van der Waals surface area contributed by atoms with Crippen molar-refractivity contribution in [2.24, 2.45) is 5.92 Å². The Morgan fingerprint density at radius 1 is 1.42 bits per heavy atom. The van der Waals surface area contributed by atoms with Gasteiger partial charge in [0.25, 0.3) is 0 Å². The van der Waals surface area contributed by atoms with Gasteiger partial charge < -0.3 is 4.74 Å². The summed E-state index contributed by atoms with van der Waals surface area (Å²) in [6.07, 6.45) is 4.90. The number of aryl methyl sites for hydroxylation is 1. The maximum absolute atomic E-state index is 13.6. The van der Waals surface area contributed by atoms with Gasteiger partial charge in [0.2, 0.25) is 0 Å². The van der Waals surface area contributed by atoms with E-state index in [9.17, 15) is 9.18 Å². The molecule has 1 spiro atoms. The fraction of sp³-hybridized carbons (Fsp3) is 0.562. The molecule has 1 unspecified atom stereocenters. The van der Waals surface area contributed by atoms with Crippen LogP contribution in [-0.2, 0) is 4.74 Å². The SMILES string of the molecule is Cc1ccc(C(=O)C2CCOC3(CCC3)C2)cc1F. The van der Waals surface area contributed by atoms with Crippen molar-refractivity contribution in [2.75, 3.05) is 6.61 Å². The summed E-state index contributed by atoms with van der Waals surface area (Å²) in [5, 5.41) is 0. The second-order valence-corrected chi connectivity index (χ2v) is 5.90. The minimum atomic E-state index is -0.295. The molecule has 2 nitrogen and oxygen atoms in total. The number of carbonyl (C=O) groups is 1. The van der Waals surface area contributed by atoms with E-state index < -0.39 is 0 Å². The Hall–Kier alpha value is -1.22. The van der Waals surface area contributed by atoms with Gasteiger partial charge in [0, 0.05) is 18.1 Å². The fourth-order valence-electron chi connectivity index (χ4n) is 3.15. The van der Waals surface area contributed by atoms with Crippen LogP contribution >= 0.6 is 0 Å². The van der Waals surface area contributed by atoms with Crippen LogP contribution in [0.3, 0.4) is 0 Å². The molecule has 0 N–H and O–H groups in total. The van der Waals surface area contributed by atoms with Crippen LogP contribution in [0.15, 0.2) is 18.2 Å². The number of benzene rings is 1. The van der Waals surface area contributed by atoms with Crippen LogP contribution in [0.1, 0.15) is 48.0 Å². The Morgan fingerprint density at radius 3 is 2.84 bits per heavy atom. The molecule has 102 valence electrons. The Bertz CT molecular complexity index is 505. The third-order valence-electron chi connectivity index (χ3n) is 4.58. The second kappa shape index (κ2) is 4.71. The lowest BCUT2D eigenvalue weighted by Crippen LogP contribution is -2.47.